The Morgan fingerprint density at radius 2 is 1.21 bits per heavy atom. The average molecular weight is 512 g/mol. The normalized spacial score (nSPS) is 8.74. The molecule has 0 amide bonds. The molecule has 4 heteroatoms. The van der Waals surface area contributed by atoms with Crippen LogP contribution in [0.3, 0.4) is 0 Å². The number of carbonyl (C=O) groups excluding carboxylic acids is 1. The first-order chi connectivity index (χ1) is 18.8. The summed E-state index contributed by atoms with van der Waals surface area (Å²) in [7, 11) is 0. The molecule has 38 heavy (non-hydrogen) atoms. The summed E-state index contributed by atoms with van der Waals surface area (Å²) in [5.74, 6) is 0.106. The van der Waals surface area contributed by atoms with Gasteiger partial charge in [0, 0.05) is 29.2 Å². The topological polar surface area (TPSA) is 47.3 Å². The number of hydrogen-bond donors (Lipinski definition) is 0. The molecular weight excluding hydrogens is 466 g/mol. The van der Waals surface area contributed by atoms with Crippen LogP contribution in [0.2, 0.25) is 0 Å². The zero-order valence-electron chi connectivity index (χ0n) is 24.4. The molecule has 0 fully saturated rings. The minimum atomic E-state index is 0.106. The monoisotopic (exact) mass is 511 g/mol. The molecule has 0 spiro atoms. The molecule has 0 bridgehead atoms. The third-order valence-corrected chi connectivity index (χ3v) is 4.60. The molecule has 202 valence electrons. The molecule has 0 saturated heterocycles. The zero-order chi connectivity index (χ0) is 28.6. The Labute approximate surface area is 230 Å². The average Bonchev–Trinajstić information content (AvgIpc) is 3.48. The standard InChI is InChI=1S/C13H10N2.C13H11NO.4C2H6/c1-2-6-11(7-3-1)13-10-12-8-4-5-9-15(12)14-13;15-13(11-6-2-1-3-7-11)10-12-8-4-5-9-14-12;4*1-2/h1-10H;1-9H,10H2;4*1-2H3. The number of carbonyl (C=O) groups is 1. The molecule has 0 radical (unpaired) electrons. The summed E-state index contributed by atoms with van der Waals surface area (Å²) in [5.41, 5.74) is 4.84. The van der Waals surface area contributed by atoms with Gasteiger partial charge in [-0.1, -0.05) is 128 Å². The van der Waals surface area contributed by atoms with Gasteiger partial charge in [-0.25, -0.2) is 4.52 Å². The highest BCUT2D eigenvalue weighted by Gasteiger charge is 2.06. The fourth-order valence-electron chi connectivity index (χ4n) is 3.08. The molecule has 0 atom stereocenters. The van der Waals surface area contributed by atoms with Crippen LogP contribution in [0.1, 0.15) is 71.4 Å². The summed E-state index contributed by atoms with van der Waals surface area (Å²) < 4.78 is 1.89. The van der Waals surface area contributed by atoms with Gasteiger partial charge in [0.05, 0.1) is 17.6 Å². The number of aromatic nitrogens is 3. The number of pyridine rings is 2. The lowest BCUT2D eigenvalue weighted by Gasteiger charge is -1.99. The van der Waals surface area contributed by atoms with Crippen LogP contribution in [-0.4, -0.2) is 20.4 Å². The van der Waals surface area contributed by atoms with Gasteiger partial charge in [-0.15, -0.1) is 0 Å². The second kappa shape index (κ2) is 22.2. The van der Waals surface area contributed by atoms with Crippen molar-refractivity contribution in [1.82, 2.24) is 14.6 Å². The van der Waals surface area contributed by atoms with Crippen LogP contribution in [0.4, 0.5) is 0 Å². The number of ketones is 1. The first-order valence-corrected chi connectivity index (χ1v) is 13.8. The summed E-state index contributed by atoms with van der Waals surface area (Å²) in [5, 5.41) is 4.50. The van der Waals surface area contributed by atoms with Crippen molar-refractivity contribution in [3.8, 4) is 11.3 Å². The third-order valence-electron chi connectivity index (χ3n) is 4.60. The highest BCUT2D eigenvalue weighted by Crippen LogP contribution is 2.18. The summed E-state index contributed by atoms with van der Waals surface area (Å²) in [6.07, 6.45) is 4.03. The molecule has 3 heterocycles. The molecule has 0 aliphatic carbocycles. The van der Waals surface area contributed by atoms with Crippen molar-refractivity contribution in [3.63, 3.8) is 0 Å². The number of rotatable bonds is 4. The Bertz CT molecular complexity index is 1180. The van der Waals surface area contributed by atoms with E-state index >= 15 is 0 Å². The zero-order valence-corrected chi connectivity index (χ0v) is 24.4. The number of fused-ring (bicyclic) bond motifs is 1. The van der Waals surface area contributed by atoms with Crippen LogP contribution in [-0.2, 0) is 6.42 Å². The van der Waals surface area contributed by atoms with E-state index in [0.717, 1.165) is 28.0 Å². The lowest BCUT2D eigenvalue weighted by atomic mass is 10.1. The summed E-state index contributed by atoms with van der Waals surface area (Å²) in [6, 6.07) is 33.2. The molecule has 5 rings (SSSR count). The van der Waals surface area contributed by atoms with E-state index in [1.54, 1.807) is 6.20 Å². The second-order valence-corrected chi connectivity index (χ2v) is 6.75. The minimum Gasteiger partial charge on any atom is -0.294 e. The highest BCUT2D eigenvalue weighted by atomic mass is 16.1. The largest absolute Gasteiger partial charge is 0.294 e. The van der Waals surface area contributed by atoms with Crippen molar-refractivity contribution in [1.29, 1.82) is 0 Å². The maximum absolute atomic E-state index is 11.8. The van der Waals surface area contributed by atoms with E-state index in [0.29, 0.717) is 6.42 Å². The number of benzene rings is 2. The molecule has 3 aromatic heterocycles. The lowest BCUT2D eigenvalue weighted by Crippen LogP contribution is -2.04. The molecule has 0 saturated carbocycles. The maximum atomic E-state index is 11.8. The van der Waals surface area contributed by atoms with Crippen molar-refractivity contribution >= 4 is 11.3 Å². The second-order valence-electron chi connectivity index (χ2n) is 6.75. The van der Waals surface area contributed by atoms with E-state index in [-0.39, 0.29) is 5.78 Å². The van der Waals surface area contributed by atoms with E-state index in [9.17, 15) is 4.79 Å². The first kappa shape index (κ1) is 34.0. The van der Waals surface area contributed by atoms with E-state index in [2.05, 4.69) is 34.3 Å². The summed E-state index contributed by atoms with van der Waals surface area (Å²) in [6.45, 7) is 16.0. The maximum Gasteiger partial charge on any atom is 0.168 e. The highest BCUT2D eigenvalue weighted by molar-refractivity contribution is 5.97. The molecule has 4 nitrogen and oxygen atoms in total. The van der Waals surface area contributed by atoms with Gasteiger partial charge in [0.25, 0.3) is 0 Å². The van der Waals surface area contributed by atoms with E-state index in [4.69, 9.17) is 0 Å². The molecular formula is C34H45N3O. The number of Topliss-reactive ketones (excluding diaryl/α,β-unsaturated/α-hetero) is 1. The molecule has 2 aromatic carbocycles. The van der Waals surface area contributed by atoms with Gasteiger partial charge in [-0.3, -0.25) is 9.78 Å². The fourth-order valence-corrected chi connectivity index (χ4v) is 3.08. The smallest absolute Gasteiger partial charge is 0.168 e. The van der Waals surface area contributed by atoms with Gasteiger partial charge in [0.1, 0.15) is 0 Å². The lowest BCUT2D eigenvalue weighted by molar-refractivity contribution is 0.0992. The Morgan fingerprint density at radius 3 is 1.76 bits per heavy atom. The molecule has 0 N–H and O–H groups in total. The molecule has 5 aromatic rings. The summed E-state index contributed by atoms with van der Waals surface area (Å²) >= 11 is 0. The van der Waals surface area contributed by atoms with E-state index < -0.39 is 0 Å². The minimum absolute atomic E-state index is 0.106. The predicted octanol–water partition coefficient (Wildman–Crippen LogP) is 9.61. The number of nitrogens with zero attached hydrogens (tertiary/aromatic N) is 3. The van der Waals surface area contributed by atoms with Crippen molar-refractivity contribution in [2.75, 3.05) is 0 Å². The number of hydrogen-bond acceptors (Lipinski definition) is 3. The van der Waals surface area contributed by atoms with E-state index in [1.807, 2.05) is 145 Å². The van der Waals surface area contributed by atoms with Crippen LogP contribution >= 0.6 is 0 Å². The summed E-state index contributed by atoms with van der Waals surface area (Å²) in [4.78, 5) is 15.9. The van der Waals surface area contributed by atoms with Gasteiger partial charge < -0.3 is 0 Å². The van der Waals surface area contributed by atoms with E-state index in [1.165, 1.54) is 0 Å². The van der Waals surface area contributed by atoms with Crippen LogP contribution in [0.15, 0.2) is 116 Å². The molecule has 0 aliphatic heterocycles. The van der Waals surface area contributed by atoms with Gasteiger partial charge in [-0.05, 0) is 30.3 Å². The SMILES string of the molecule is CC.CC.CC.CC.O=C(Cc1ccccn1)c1ccccc1.c1ccc(-c2cc3ccccn3n2)cc1. The Balaban J connectivity index is 0.000000572. The molecule has 0 unspecified atom stereocenters. The molecule has 0 aliphatic rings. The van der Waals surface area contributed by atoms with Crippen molar-refractivity contribution < 1.29 is 4.79 Å². The van der Waals surface area contributed by atoms with Gasteiger partial charge in [0.15, 0.2) is 5.78 Å². The predicted molar refractivity (Wildman–Crippen MR) is 165 cm³/mol. The quantitative estimate of drug-likeness (QED) is 0.226. The van der Waals surface area contributed by atoms with Crippen LogP contribution < -0.4 is 0 Å². The Morgan fingerprint density at radius 1 is 0.658 bits per heavy atom. The van der Waals surface area contributed by atoms with Crippen LogP contribution in [0, 0.1) is 0 Å². The first-order valence-electron chi connectivity index (χ1n) is 13.8. The van der Waals surface area contributed by atoms with Crippen LogP contribution in [0.5, 0.6) is 0 Å². The Kier molecular flexibility index (Phi) is 19.8. The van der Waals surface area contributed by atoms with Crippen molar-refractivity contribution in [2.24, 2.45) is 0 Å². The third kappa shape index (κ3) is 11.8. The Hall–Kier alpha value is -4.05. The van der Waals surface area contributed by atoms with Gasteiger partial charge in [-0.2, -0.15) is 5.10 Å². The van der Waals surface area contributed by atoms with Crippen molar-refractivity contribution in [2.45, 2.75) is 61.8 Å². The van der Waals surface area contributed by atoms with Crippen LogP contribution in [0.25, 0.3) is 16.8 Å². The fraction of sp³-hybridized carbons (Fsp3) is 0.265. The van der Waals surface area contributed by atoms with Gasteiger partial charge in [0.2, 0.25) is 0 Å². The van der Waals surface area contributed by atoms with Crippen molar-refractivity contribution in [3.05, 3.63) is 127 Å². The van der Waals surface area contributed by atoms with Gasteiger partial charge >= 0.3 is 0 Å².